The van der Waals surface area contributed by atoms with Gasteiger partial charge in [-0.05, 0) is 37.3 Å². The number of nitrogens with one attached hydrogen (secondary N) is 2. The van der Waals surface area contributed by atoms with Gasteiger partial charge in [0.2, 0.25) is 0 Å². The maximum Gasteiger partial charge on any atom is 0.197 e. The van der Waals surface area contributed by atoms with E-state index in [1.165, 1.54) is 6.07 Å². The van der Waals surface area contributed by atoms with Gasteiger partial charge in [0.1, 0.15) is 0 Å². The zero-order chi connectivity index (χ0) is 17.4. The molecule has 25 heavy (non-hydrogen) atoms. The van der Waals surface area contributed by atoms with Gasteiger partial charge in [0, 0.05) is 41.6 Å². The Labute approximate surface area is 146 Å². The molecule has 2 N–H and O–H groups in total. The third-order valence-electron chi connectivity index (χ3n) is 4.15. The quantitative estimate of drug-likeness (QED) is 0.592. The molecule has 0 bridgehead atoms. The summed E-state index contributed by atoms with van der Waals surface area (Å²) in [6.07, 6.45) is 5.50. The predicted octanol–water partition coefficient (Wildman–Crippen LogP) is 2.66. The van der Waals surface area contributed by atoms with Crippen LogP contribution < -0.4 is 5.43 Å². The first kappa shape index (κ1) is 15.6. The molecule has 0 amide bonds. The van der Waals surface area contributed by atoms with Crippen LogP contribution in [-0.2, 0) is 16.6 Å². The number of pyridine rings is 1. The number of hydrogen-bond donors (Lipinski definition) is 2. The highest BCUT2D eigenvalue weighted by atomic mass is 32.2. The lowest BCUT2D eigenvalue weighted by Crippen LogP contribution is -2.11. The minimum atomic E-state index is -1.37. The van der Waals surface area contributed by atoms with Crippen LogP contribution >= 0.6 is 0 Å². The lowest BCUT2D eigenvalue weighted by atomic mass is 10.2. The Morgan fingerprint density at radius 2 is 2.00 bits per heavy atom. The van der Waals surface area contributed by atoms with Gasteiger partial charge in [-0.2, -0.15) is 0 Å². The van der Waals surface area contributed by atoms with Gasteiger partial charge in [-0.15, -0.1) is 0 Å². The fourth-order valence-electron chi connectivity index (χ4n) is 2.70. The molecule has 0 spiro atoms. The zero-order valence-electron chi connectivity index (χ0n) is 13.5. The molecule has 0 aliphatic carbocycles. The van der Waals surface area contributed by atoms with E-state index in [4.69, 9.17) is 0 Å². The Hall–Kier alpha value is -2.93. The molecule has 1 unspecified atom stereocenters. The van der Waals surface area contributed by atoms with E-state index >= 15 is 0 Å². The molecular weight excluding hydrogens is 336 g/mol. The van der Waals surface area contributed by atoms with Crippen LogP contribution in [0, 0.1) is 6.92 Å². The van der Waals surface area contributed by atoms with E-state index in [0.29, 0.717) is 16.4 Å². The highest BCUT2D eigenvalue weighted by Crippen LogP contribution is 2.19. The molecule has 1 atom stereocenters. The second kappa shape index (κ2) is 6.18. The van der Waals surface area contributed by atoms with Crippen molar-refractivity contribution in [2.24, 2.45) is 0 Å². The Bertz CT molecular complexity index is 1130. The van der Waals surface area contributed by atoms with Gasteiger partial charge >= 0.3 is 0 Å². The summed E-state index contributed by atoms with van der Waals surface area (Å²) >= 11 is 0. The summed E-state index contributed by atoms with van der Waals surface area (Å²) in [7, 11) is -1.37. The summed E-state index contributed by atoms with van der Waals surface area (Å²) in [6.45, 7) is 1.73. The van der Waals surface area contributed by atoms with E-state index in [9.17, 15) is 9.00 Å². The number of H-pyrrole nitrogens is 2. The molecular formula is C18H16N4O2S. The molecule has 4 rings (SSSR count). The van der Waals surface area contributed by atoms with E-state index in [0.717, 1.165) is 16.7 Å². The molecule has 3 aromatic heterocycles. The van der Waals surface area contributed by atoms with Gasteiger partial charge < -0.3 is 14.5 Å². The van der Waals surface area contributed by atoms with Crippen LogP contribution in [0.2, 0.25) is 0 Å². The normalized spacial score (nSPS) is 12.5. The van der Waals surface area contributed by atoms with E-state index < -0.39 is 10.8 Å². The summed E-state index contributed by atoms with van der Waals surface area (Å²) in [6, 6.07) is 11.2. The second-order valence-corrected chi connectivity index (χ2v) is 7.14. The average Bonchev–Trinajstić information content (AvgIpc) is 3.27. The minimum Gasteiger partial charge on any atom is -0.364 e. The topological polar surface area (TPSA) is 83.5 Å². The first-order valence-electron chi connectivity index (χ1n) is 7.80. The van der Waals surface area contributed by atoms with Crippen molar-refractivity contribution in [2.45, 2.75) is 17.8 Å². The SMILES string of the molecule is Cc1c(CS(=O)c2nc3ccc(-n4cccc4)cc3[nH]2)[nH]ccc1=O. The molecule has 0 radical (unpaired) electrons. The van der Waals surface area contributed by atoms with E-state index in [-0.39, 0.29) is 11.2 Å². The number of fused-ring (bicyclic) bond motifs is 1. The monoisotopic (exact) mass is 352 g/mol. The summed E-state index contributed by atoms with van der Waals surface area (Å²) in [5.41, 5.74) is 3.78. The summed E-state index contributed by atoms with van der Waals surface area (Å²) in [5.74, 6) is 0.214. The summed E-state index contributed by atoms with van der Waals surface area (Å²) in [4.78, 5) is 22.3. The second-order valence-electron chi connectivity index (χ2n) is 5.77. The van der Waals surface area contributed by atoms with Crippen LogP contribution in [0.25, 0.3) is 16.7 Å². The van der Waals surface area contributed by atoms with Crippen LogP contribution in [0.15, 0.2) is 64.9 Å². The number of benzene rings is 1. The first-order valence-corrected chi connectivity index (χ1v) is 9.12. The molecule has 3 heterocycles. The molecule has 0 fully saturated rings. The first-order chi connectivity index (χ1) is 12.1. The zero-order valence-corrected chi connectivity index (χ0v) is 14.3. The lowest BCUT2D eigenvalue weighted by Gasteiger charge is -2.03. The molecule has 126 valence electrons. The highest BCUT2D eigenvalue weighted by Gasteiger charge is 2.13. The number of rotatable bonds is 4. The van der Waals surface area contributed by atoms with Crippen molar-refractivity contribution in [1.82, 2.24) is 19.5 Å². The Kier molecular flexibility index (Phi) is 3.85. The largest absolute Gasteiger partial charge is 0.364 e. The van der Waals surface area contributed by atoms with Crippen molar-refractivity contribution < 1.29 is 4.21 Å². The van der Waals surface area contributed by atoms with Gasteiger partial charge in [-0.25, -0.2) is 4.98 Å². The fraction of sp³-hybridized carbons (Fsp3) is 0.111. The maximum absolute atomic E-state index is 12.7. The molecule has 0 aliphatic heterocycles. The van der Waals surface area contributed by atoms with Crippen molar-refractivity contribution in [3.63, 3.8) is 0 Å². The van der Waals surface area contributed by atoms with Gasteiger partial charge in [0.25, 0.3) is 0 Å². The lowest BCUT2D eigenvalue weighted by molar-refractivity contribution is 0.676. The van der Waals surface area contributed by atoms with Crippen molar-refractivity contribution in [2.75, 3.05) is 0 Å². The molecule has 4 aromatic rings. The smallest absolute Gasteiger partial charge is 0.197 e. The van der Waals surface area contributed by atoms with Crippen molar-refractivity contribution in [3.8, 4) is 5.69 Å². The van der Waals surface area contributed by atoms with Crippen molar-refractivity contribution in [3.05, 3.63) is 76.5 Å². The van der Waals surface area contributed by atoms with E-state index in [1.54, 1.807) is 13.1 Å². The van der Waals surface area contributed by atoms with Crippen molar-refractivity contribution in [1.29, 1.82) is 0 Å². The van der Waals surface area contributed by atoms with Gasteiger partial charge in [-0.1, -0.05) is 0 Å². The number of nitrogens with zero attached hydrogens (tertiary/aromatic N) is 2. The third kappa shape index (κ3) is 2.94. The predicted molar refractivity (Wildman–Crippen MR) is 97.3 cm³/mol. The Balaban J connectivity index is 1.66. The number of hydrogen-bond acceptors (Lipinski definition) is 3. The maximum atomic E-state index is 12.7. The number of imidazole rings is 1. The molecule has 7 heteroatoms. The third-order valence-corrected chi connectivity index (χ3v) is 5.33. The molecule has 0 saturated heterocycles. The van der Waals surface area contributed by atoms with Crippen LogP contribution in [-0.4, -0.2) is 23.7 Å². The Morgan fingerprint density at radius 3 is 2.80 bits per heavy atom. The van der Waals surface area contributed by atoms with Crippen molar-refractivity contribution >= 4 is 21.8 Å². The number of aromatic amines is 2. The van der Waals surface area contributed by atoms with Gasteiger partial charge in [0.15, 0.2) is 10.6 Å². The standard InChI is InChI=1S/C18H16N4O2S/c1-12-16(19-7-6-17(12)23)11-25(24)18-20-14-5-4-13(10-15(14)21-18)22-8-2-3-9-22/h2-10H,11H2,1H3,(H,19,23)(H,20,21). The molecule has 0 aliphatic rings. The molecule has 1 aromatic carbocycles. The van der Waals surface area contributed by atoms with Crippen LogP contribution in [0.5, 0.6) is 0 Å². The fourth-order valence-corrected chi connectivity index (χ4v) is 3.82. The average molecular weight is 352 g/mol. The summed E-state index contributed by atoms with van der Waals surface area (Å²) < 4.78 is 14.6. The van der Waals surface area contributed by atoms with Gasteiger partial charge in [-0.3, -0.25) is 9.00 Å². The Morgan fingerprint density at radius 1 is 1.20 bits per heavy atom. The minimum absolute atomic E-state index is 0.0632. The van der Waals surface area contributed by atoms with Crippen LogP contribution in [0.1, 0.15) is 11.3 Å². The highest BCUT2D eigenvalue weighted by molar-refractivity contribution is 7.84. The number of aromatic nitrogens is 4. The summed E-state index contributed by atoms with van der Waals surface area (Å²) in [5, 5.41) is 0.406. The molecule has 6 nitrogen and oxygen atoms in total. The van der Waals surface area contributed by atoms with E-state index in [2.05, 4.69) is 15.0 Å². The molecule has 0 saturated carbocycles. The van der Waals surface area contributed by atoms with Crippen LogP contribution in [0.4, 0.5) is 0 Å². The van der Waals surface area contributed by atoms with Gasteiger partial charge in [0.05, 0.1) is 27.6 Å². The van der Waals surface area contributed by atoms with E-state index in [1.807, 2.05) is 47.3 Å². The van der Waals surface area contributed by atoms with Crippen LogP contribution in [0.3, 0.4) is 0 Å².